The lowest BCUT2D eigenvalue weighted by atomic mass is 9.90. The SMILES string of the molecule is CC(=O)Oc1cc(CO[C@H]2Cc3cc4ccc(=O)oc4cc3OC2(C)C)cc(OC(C)=O)c1OC(C)=O. The van der Waals surface area contributed by atoms with Gasteiger partial charge in [-0.15, -0.1) is 0 Å². The Hall–Kier alpha value is -4.18. The molecule has 0 saturated heterocycles. The molecule has 10 heteroatoms. The normalized spacial score (nSPS) is 15.9. The summed E-state index contributed by atoms with van der Waals surface area (Å²) >= 11 is 0. The monoisotopic (exact) mass is 510 g/mol. The number of carbonyl (C=O) groups is 3. The van der Waals surface area contributed by atoms with Crippen LogP contribution >= 0.6 is 0 Å². The summed E-state index contributed by atoms with van der Waals surface area (Å²) in [7, 11) is 0. The van der Waals surface area contributed by atoms with Crippen LogP contribution in [0.4, 0.5) is 0 Å². The summed E-state index contributed by atoms with van der Waals surface area (Å²) in [5, 5.41) is 0.763. The van der Waals surface area contributed by atoms with Crippen molar-refractivity contribution in [2.45, 2.75) is 59.4 Å². The van der Waals surface area contributed by atoms with Crippen molar-refractivity contribution in [3.8, 4) is 23.0 Å². The van der Waals surface area contributed by atoms with Crippen LogP contribution in [0.1, 0.15) is 45.7 Å². The van der Waals surface area contributed by atoms with Gasteiger partial charge in [0.15, 0.2) is 11.5 Å². The zero-order chi connectivity index (χ0) is 26.9. The Kier molecular flexibility index (Phi) is 7.04. The highest BCUT2D eigenvalue weighted by atomic mass is 16.6. The van der Waals surface area contributed by atoms with Crippen LogP contribution in [0.2, 0.25) is 0 Å². The van der Waals surface area contributed by atoms with E-state index in [0.29, 0.717) is 23.3 Å². The molecule has 0 aliphatic carbocycles. The second-order valence-corrected chi connectivity index (χ2v) is 9.16. The van der Waals surface area contributed by atoms with Gasteiger partial charge < -0.3 is 28.1 Å². The summed E-state index contributed by atoms with van der Waals surface area (Å²) in [6, 6.07) is 9.60. The molecule has 0 saturated carbocycles. The zero-order valence-electron chi connectivity index (χ0n) is 21.0. The van der Waals surface area contributed by atoms with Crippen molar-refractivity contribution in [1.29, 1.82) is 0 Å². The van der Waals surface area contributed by atoms with Crippen molar-refractivity contribution in [2.75, 3.05) is 0 Å². The van der Waals surface area contributed by atoms with E-state index < -0.39 is 35.2 Å². The molecule has 0 amide bonds. The van der Waals surface area contributed by atoms with Crippen LogP contribution < -0.4 is 24.6 Å². The number of hydrogen-bond donors (Lipinski definition) is 0. The Morgan fingerprint density at radius 1 is 0.919 bits per heavy atom. The van der Waals surface area contributed by atoms with Gasteiger partial charge in [-0.3, -0.25) is 14.4 Å². The molecule has 0 unspecified atom stereocenters. The summed E-state index contributed by atoms with van der Waals surface area (Å²) in [4.78, 5) is 46.5. The smallest absolute Gasteiger partial charge is 0.336 e. The number of fused-ring (bicyclic) bond motifs is 2. The van der Waals surface area contributed by atoms with E-state index in [4.69, 9.17) is 28.1 Å². The van der Waals surface area contributed by atoms with Crippen molar-refractivity contribution in [1.82, 2.24) is 0 Å². The Bertz CT molecular complexity index is 1410. The van der Waals surface area contributed by atoms with Gasteiger partial charge in [0.1, 0.15) is 23.0 Å². The van der Waals surface area contributed by atoms with Crippen LogP contribution in [0.25, 0.3) is 11.0 Å². The predicted molar refractivity (Wildman–Crippen MR) is 130 cm³/mol. The standard InChI is InChI=1S/C27H26O10/c1-14(28)33-22-8-17(9-23(34-15(2)29)26(22)35-16(3)30)13-32-24-11-19-10-18-6-7-25(31)36-20(18)12-21(19)37-27(24,4)5/h6-10,12,24H,11,13H2,1-5H3/t24-/m0/s1. The maximum absolute atomic E-state index is 11.7. The van der Waals surface area contributed by atoms with Crippen molar-refractivity contribution in [2.24, 2.45) is 0 Å². The summed E-state index contributed by atoms with van der Waals surface area (Å²) in [6.07, 6.45) is 0.118. The highest BCUT2D eigenvalue weighted by Crippen LogP contribution is 2.41. The highest BCUT2D eigenvalue weighted by molar-refractivity contribution is 5.80. The van der Waals surface area contributed by atoms with Crippen molar-refractivity contribution >= 4 is 28.9 Å². The van der Waals surface area contributed by atoms with Crippen LogP contribution in [-0.2, 0) is 32.1 Å². The van der Waals surface area contributed by atoms with E-state index in [2.05, 4.69) is 0 Å². The Labute approximate surface area is 212 Å². The Morgan fingerprint density at radius 2 is 1.54 bits per heavy atom. The zero-order valence-corrected chi connectivity index (χ0v) is 21.0. The second kappa shape index (κ2) is 10.1. The van der Waals surface area contributed by atoms with Crippen molar-refractivity contribution < 1.29 is 42.5 Å². The van der Waals surface area contributed by atoms with Crippen LogP contribution in [0.5, 0.6) is 23.0 Å². The molecule has 4 rings (SSSR count). The van der Waals surface area contributed by atoms with Crippen LogP contribution in [0.3, 0.4) is 0 Å². The minimum absolute atomic E-state index is 0.0398. The van der Waals surface area contributed by atoms with Gasteiger partial charge >= 0.3 is 23.5 Å². The fourth-order valence-electron chi connectivity index (χ4n) is 4.07. The lowest BCUT2D eigenvalue weighted by molar-refractivity contribution is -0.135. The van der Waals surface area contributed by atoms with Gasteiger partial charge in [-0.2, -0.15) is 0 Å². The fraction of sp³-hybridized carbons (Fsp3) is 0.333. The van der Waals surface area contributed by atoms with Gasteiger partial charge in [-0.25, -0.2) is 4.79 Å². The van der Waals surface area contributed by atoms with E-state index >= 15 is 0 Å². The van der Waals surface area contributed by atoms with Crippen molar-refractivity contribution in [3.05, 3.63) is 57.9 Å². The number of ether oxygens (including phenoxy) is 5. The first-order chi connectivity index (χ1) is 17.4. The first-order valence-electron chi connectivity index (χ1n) is 11.5. The maximum atomic E-state index is 11.7. The molecule has 0 bridgehead atoms. The number of carbonyl (C=O) groups excluding carboxylic acids is 3. The van der Waals surface area contributed by atoms with Gasteiger partial charge in [-0.1, -0.05) is 0 Å². The summed E-state index contributed by atoms with van der Waals surface area (Å²) in [5.41, 5.74) is 0.641. The van der Waals surface area contributed by atoms with Gasteiger partial charge in [0.25, 0.3) is 0 Å². The van der Waals surface area contributed by atoms with Crippen LogP contribution in [0, 0.1) is 0 Å². The average Bonchev–Trinajstić information content (AvgIpc) is 2.77. The van der Waals surface area contributed by atoms with Gasteiger partial charge in [-0.05, 0) is 49.2 Å². The molecule has 1 atom stereocenters. The third kappa shape index (κ3) is 5.97. The van der Waals surface area contributed by atoms with E-state index in [1.807, 2.05) is 19.9 Å². The second-order valence-electron chi connectivity index (χ2n) is 9.16. The number of esters is 3. The lowest BCUT2D eigenvalue weighted by Gasteiger charge is -2.39. The van der Waals surface area contributed by atoms with E-state index in [1.54, 1.807) is 12.1 Å². The molecule has 1 aliphatic rings. The largest absolute Gasteiger partial charge is 0.485 e. The average molecular weight is 510 g/mol. The molecule has 0 radical (unpaired) electrons. The first kappa shape index (κ1) is 25.9. The molecule has 0 spiro atoms. The molecule has 194 valence electrons. The van der Waals surface area contributed by atoms with Crippen LogP contribution in [0.15, 0.2) is 45.6 Å². The van der Waals surface area contributed by atoms with E-state index in [1.165, 1.54) is 39.0 Å². The molecule has 2 heterocycles. The van der Waals surface area contributed by atoms with Gasteiger partial charge in [0, 0.05) is 44.7 Å². The molecule has 0 fully saturated rings. The lowest BCUT2D eigenvalue weighted by Crippen LogP contribution is -2.47. The van der Waals surface area contributed by atoms with Crippen molar-refractivity contribution in [3.63, 3.8) is 0 Å². The number of benzene rings is 2. The molecule has 2 aromatic carbocycles. The van der Waals surface area contributed by atoms with Gasteiger partial charge in [0.2, 0.25) is 5.75 Å². The summed E-state index contributed by atoms with van der Waals surface area (Å²) in [5.74, 6) is -1.74. The predicted octanol–water partition coefficient (Wildman–Crippen LogP) is 3.87. The summed E-state index contributed by atoms with van der Waals surface area (Å²) < 4.78 is 33.3. The molecule has 1 aliphatic heterocycles. The highest BCUT2D eigenvalue weighted by Gasteiger charge is 2.38. The quantitative estimate of drug-likeness (QED) is 0.274. The Morgan fingerprint density at radius 3 is 2.14 bits per heavy atom. The summed E-state index contributed by atoms with van der Waals surface area (Å²) in [6.45, 7) is 7.36. The third-order valence-electron chi connectivity index (χ3n) is 5.64. The minimum Gasteiger partial charge on any atom is -0.485 e. The number of rotatable bonds is 6. The van der Waals surface area contributed by atoms with E-state index in [9.17, 15) is 19.2 Å². The van der Waals surface area contributed by atoms with E-state index in [-0.39, 0.29) is 23.9 Å². The molecule has 10 nitrogen and oxygen atoms in total. The first-order valence-corrected chi connectivity index (χ1v) is 11.5. The fourth-order valence-corrected chi connectivity index (χ4v) is 4.07. The third-order valence-corrected chi connectivity index (χ3v) is 5.64. The molecule has 1 aromatic heterocycles. The maximum Gasteiger partial charge on any atom is 0.336 e. The molecular weight excluding hydrogens is 484 g/mol. The molecule has 3 aromatic rings. The van der Waals surface area contributed by atoms with Gasteiger partial charge in [0.05, 0.1) is 6.61 Å². The Balaban J connectivity index is 1.63. The number of hydrogen-bond acceptors (Lipinski definition) is 10. The van der Waals surface area contributed by atoms with E-state index in [0.717, 1.165) is 10.9 Å². The molecule has 37 heavy (non-hydrogen) atoms. The van der Waals surface area contributed by atoms with Crippen LogP contribution in [-0.4, -0.2) is 29.6 Å². The molecule has 0 N–H and O–H groups in total. The topological polar surface area (TPSA) is 128 Å². The molecular formula is C27H26O10. The minimum atomic E-state index is -0.745.